The van der Waals surface area contributed by atoms with Crippen LogP contribution in [-0.2, 0) is 12.3 Å². The van der Waals surface area contributed by atoms with Crippen LogP contribution in [0, 0.1) is 12.8 Å². The quantitative estimate of drug-likeness (QED) is 0.515. The summed E-state index contributed by atoms with van der Waals surface area (Å²) < 4.78 is 7.36. The van der Waals surface area contributed by atoms with E-state index in [0.29, 0.717) is 21.7 Å². The van der Waals surface area contributed by atoms with Crippen LogP contribution < -0.4 is 0 Å². The van der Waals surface area contributed by atoms with Crippen LogP contribution in [0.1, 0.15) is 25.3 Å². The molecule has 0 radical (unpaired) electrons. The smallest absolute Gasteiger partial charge is 0.191 e. The summed E-state index contributed by atoms with van der Waals surface area (Å²) >= 11 is 13.9. The molecular weight excluding hydrogens is 379 g/mol. The van der Waals surface area contributed by atoms with E-state index in [1.54, 1.807) is 23.9 Å². The number of nitrogens with zero attached hydrogens (tertiary/aromatic N) is 4. The van der Waals surface area contributed by atoms with E-state index in [1.807, 2.05) is 19.1 Å². The van der Waals surface area contributed by atoms with Crippen LogP contribution in [0.3, 0.4) is 0 Å². The normalized spacial score (nSPS) is 11.4. The molecule has 0 amide bonds. The Balaban J connectivity index is 1.92. The molecule has 5 nitrogen and oxygen atoms in total. The zero-order valence-electron chi connectivity index (χ0n) is 14.2. The molecule has 0 atom stereocenters. The Morgan fingerprint density at radius 2 is 2.00 bits per heavy atom. The maximum absolute atomic E-state index is 6.36. The molecule has 0 saturated carbocycles. The van der Waals surface area contributed by atoms with E-state index in [9.17, 15) is 0 Å². The van der Waals surface area contributed by atoms with Crippen molar-refractivity contribution in [2.75, 3.05) is 0 Å². The first-order valence-corrected chi connectivity index (χ1v) is 9.62. The number of benzene rings is 1. The first-order valence-electron chi connectivity index (χ1n) is 7.87. The molecule has 1 aromatic carbocycles. The van der Waals surface area contributed by atoms with E-state index >= 15 is 0 Å². The van der Waals surface area contributed by atoms with Gasteiger partial charge in [-0.25, -0.2) is 0 Å². The van der Waals surface area contributed by atoms with E-state index in [1.165, 1.54) is 0 Å². The summed E-state index contributed by atoms with van der Waals surface area (Å²) in [5.74, 6) is 2.64. The van der Waals surface area contributed by atoms with Crippen molar-refractivity contribution in [1.29, 1.82) is 0 Å². The van der Waals surface area contributed by atoms with Gasteiger partial charge in [-0.1, -0.05) is 54.0 Å². The maximum atomic E-state index is 6.36. The van der Waals surface area contributed by atoms with Gasteiger partial charge in [0, 0.05) is 23.2 Å². The largest absolute Gasteiger partial charge is 0.360 e. The average molecular weight is 397 g/mol. The number of halogens is 2. The van der Waals surface area contributed by atoms with Crippen LogP contribution in [-0.4, -0.2) is 19.9 Å². The first-order chi connectivity index (χ1) is 11.9. The molecule has 0 aliphatic rings. The molecule has 132 valence electrons. The van der Waals surface area contributed by atoms with Crippen LogP contribution in [0.15, 0.2) is 33.9 Å². The van der Waals surface area contributed by atoms with Crippen molar-refractivity contribution in [2.45, 2.75) is 38.2 Å². The van der Waals surface area contributed by atoms with Crippen LogP contribution in [0.5, 0.6) is 0 Å². The lowest BCUT2D eigenvalue weighted by atomic mass is 10.2. The average Bonchev–Trinajstić information content (AvgIpc) is 3.12. The molecule has 3 aromatic rings. The minimum atomic E-state index is 0.438. The molecule has 2 heterocycles. The highest BCUT2D eigenvalue weighted by molar-refractivity contribution is 7.98. The molecule has 0 bridgehead atoms. The Kier molecular flexibility index (Phi) is 5.71. The number of rotatable bonds is 6. The Labute approximate surface area is 160 Å². The highest BCUT2D eigenvalue weighted by Gasteiger charge is 2.18. The van der Waals surface area contributed by atoms with E-state index in [-0.39, 0.29) is 0 Å². The maximum Gasteiger partial charge on any atom is 0.191 e. The monoisotopic (exact) mass is 396 g/mol. The van der Waals surface area contributed by atoms with Crippen molar-refractivity contribution in [3.05, 3.63) is 45.8 Å². The second-order valence-electron chi connectivity index (χ2n) is 6.16. The molecule has 25 heavy (non-hydrogen) atoms. The molecular formula is C17H18Cl2N4OS. The molecule has 0 aliphatic heterocycles. The molecule has 3 rings (SSSR count). The Bertz CT molecular complexity index is 875. The minimum absolute atomic E-state index is 0.438. The highest BCUT2D eigenvalue weighted by atomic mass is 35.5. The number of thioether (sulfide) groups is 1. The predicted molar refractivity (Wildman–Crippen MR) is 101 cm³/mol. The lowest BCUT2D eigenvalue weighted by Crippen LogP contribution is -2.08. The van der Waals surface area contributed by atoms with Gasteiger partial charge in [0.2, 0.25) is 0 Å². The second-order valence-corrected chi connectivity index (χ2v) is 7.94. The minimum Gasteiger partial charge on any atom is -0.360 e. The van der Waals surface area contributed by atoms with Gasteiger partial charge in [-0.15, -0.1) is 10.2 Å². The summed E-state index contributed by atoms with van der Waals surface area (Å²) in [6.07, 6.45) is 0. The summed E-state index contributed by atoms with van der Waals surface area (Å²) in [6, 6.07) is 7.32. The van der Waals surface area contributed by atoms with Gasteiger partial charge in [0.1, 0.15) is 5.76 Å². The predicted octanol–water partition coefficient (Wildman–Crippen LogP) is 5.50. The zero-order chi connectivity index (χ0) is 18.0. The van der Waals surface area contributed by atoms with Crippen molar-refractivity contribution < 1.29 is 4.52 Å². The fraction of sp³-hybridized carbons (Fsp3) is 0.353. The summed E-state index contributed by atoms with van der Waals surface area (Å²) in [7, 11) is 0. The van der Waals surface area contributed by atoms with E-state index in [4.69, 9.17) is 27.7 Å². The molecule has 2 aromatic heterocycles. The van der Waals surface area contributed by atoms with Crippen LogP contribution in [0.4, 0.5) is 0 Å². The van der Waals surface area contributed by atoms with E-state index in [0.717, 1.165) is 34.5 Å². The van der Waals surface area contributed by atoms with Gasteiger partial charge in [0.15, 0.2) is 11.0 Å². The van der Waals surface area contributed by atoms with Gasteiger partial charge < -0.3 is 9.09 Å². The molecule has 0 fully saturated rings. The Hall–Kier alpha value is -1.50. The van der Waals surface area contributed by atoms with Crippen molar-refractivity contribution in [3.63, 3.8) is 0 Å². The van der Waals surface area contributed by atoms with Crippen molar-refractivity contribution in [2.24, 2.45) is 5.92 Å². The summed E-state index contributed by atoms with van der Waals surface area (Å²) in [4.78, 5) is 0. The first kappa shape index (κ1) is 18.3. The molecule has 0 spiro atoms. The standard InChI is InChI=1S/C17H18Cl2N4OS/c1-10(2)8-23-16(14-5-4-12(18)7-15(14)19)20-21-17(23)25-9-13-6-11(3)22-24-13/h4-7,10H,8-9H2,1-3H3. The fourth-order valence-electron chi connectivity index (χ4n) is 2.42. The van der Waals surface area contributed by atoms with Gasteiger partial charge in [0.05, 0.1) is 16.5 Å². The van der Waals surface area contributed by atoms with Crippen molar-refractivity contribution >= 4 is 35.0 Å². The number of hydrogen-bond donors (Lipinski definition) is 0. The second kappa shape index (κ2) is 7.81. The molecule has 0 saturated heterocycles. The summed E-state index contributed by atoms with van der Waals surface area (Å²) in [5.41, 5.74) is 1.69. The van der Waals surface area contributed by atoms with Gasteiger partial charge >= 0.3 is 0 Å². The van der Waals surface area contributed by atoms with Gasteiger partial charge in [-0.3, -0.25) is 0 Å². The zero-order valence-corrected chi connectivity index (χ0v) is 16.5. The SMILES string of the molecule is Cc1cc(CSc2nnc(-c3ccc(Cl)cc3Cl)n2CC(C)C)on1. The van der Waals surface area contributed by atoms with Crippen molar-refractivity contribution in [3.8, 4) is 11.4 Å². The Morgan fingerprint density at radius 1 is 1.20 bits per heavy atom. The van der Waals surface area contributed by atoms with E-state index < -0.39 is 0 Å². The summed E-state index contributed by atoms with van der Waals surface area (Å²) in [6.45, 7) is 7.00. The van der Waals surface area contributed by atoms with Gasteiger partial charge in [0.25, 0.3) is 0 Å². The fourth-order valence-corrected chi connectivity index (χ4v) is 3.73. The van der Waals surface area contributed by atoms with Crippen molar-refractivity contribution in [1.82, 2.24) is 19.9 Å². The van der Waals surface area contributed by atoms with Crippen LogP contribution in [0.25, 0.3) is 11.4 Å². The number of hydrogen-bond acceptors (Lipinski definition) is 5. The number of aryl methyl sites for hydroxylation is 1. The third-order valence-electron chi connectivity index (χ3n) is 3.46. The van der Waals surface area contributed by atoms with Gasteiger partial charge in [-0.05, 0) is 31.0 Å². The van der Waals surface area contributed by atoms with Crippen LogP contribution >= 0.6 is 35.0 Å². The molecule has 0 unspecified atom stereocenters. The van der Waals surface area contributed by atoms with Gasteiger partial charge in [-0.2, -0.15) is 0 Å². The summed E-state index contributed by atoms with van der Waals surface area (Å²) in [5, 5.41) is 14.6. The highest BCUT2D eigenvalue weighted by Crippen LogP contribution is 2.32. The number of aromatic nitrogens is 4. The molecule has 0 N–H and O–H groups in total. The Morgan fingerprint density at radius 3 is 2.64 bits per heavy atom. The molecule has 0 aliphatic carbocycles. The molecule has 8 heteroatoms. The lowest BCUT2D eigenvalue weighted by molar-refractivity contribution is 0.390. The van der Waals surface area contributed by atoms with E-state index in [2.05, 4.69) is 33.8 Å². The van der Waals surface area contributed by atoms with Crippen LogP contribution in [0.2, 0.25) is 10.0 Å². The lowest BCUT2D eigenvalue weighted by Gasteiger charge is -2.13. The third kappa shape index (κ3) is 4.37. The topological polar surface area (TPSA) is 56.7 Å². The third-order valence-corrected chi connectivity index (χ3v) is 4.99.